The Hall–Kier alpha value is -3.56. The molecule has 0 unspecified atom stereocenters. The zero-order chi connectivity index (χ0) is 20.2. The molecule has 10 nitrogen and oxygen atoms in total. The molecule has 0 aliphatic rings. The second-order valence-electron chi connectivity index (χ2n) is 6.01. The van der Waals surface area contributed by atoms with Gasteiger partial charge < -0.3 is 32.7 Å². The van der Waals surface area contributed by atoms with Crippen molar-refractivity contribution in [3.63, 3.8) is 0 Å². The maximum absolute atomic E-state index is 11.8. The fourth-order valence-corrected chi connectivity index (χ4v) is 2.21. The van der Waals surface area contributed by atoms with Gasteiger partial charge in [-0.2, -0.15) is 0 Å². The van der Waals surface area contributed by atoms with Gasteiger partial charge in [0.2, 0.25) is 11.8 Å². The van der Waals surface area contributed by atoms with Crippen molar-refractivity contribution < 1.29 is 9.59 Å². The number of hydrogen-bond acceptors (Lipinski definition) is 8. The Morgan fingerprint density at radius 2 is 1.14 bits per heavy atom. The number of nitrogen functional groups attached to an aromatic ring is 2. The highest BCUT2D eigenvalue weighted by molar-refractivity contribution is 5.83. The average molecular weight is 386 g/mol. The van der Waals surface area contributed by atoms with Crippen LogP contribution in [0.25, 0.3) is 0 Å². The molecule has 0 saturated carbocycles. The largest absolute Gasteiger partial charge is 0.397 e. The fourth-order valence-electron chi connectivity index (χ4n) is 2.21. The Morgan fingerprint density at radius 3 is 1.50 bits per heavy atom. The summed E-state index contributed by atoms with van der Waals surface area (Å²) in [5.41, 5.74) is 12.3. The number of nitrogens with zero attached hydrogens (tertiary/aromatic N) is 2. The minimum atomic E-state index is -0.175. The minimum absolute atomic E-state index is 0.138. The van der Waals surface area contributed by atoms with Gasteiger partial charge in [-0.1, -0.05) is 0 Å². The first-order valence-corrected chi connectivity index (χ1v) is 8.97. The number of nitrogens with one attached hydrogen (secondary N) is 4. The summed E-state index contributed by atoms with van der Waals surface area (Å²) < 4.78 is 0. The highest BCUT2D eigenvalue weighted by Gasteiger charge is 2.06. The molecule has 2 rings (SSSR count). The summed E-state index contributed by atoms with van der Waals surface area (Å²) in [4.78, 5) is 31.7. The number of pyridine rings is 2. The quantitative estimate of drug-likeness (QED) is 0.298. The van der Waals surface area contributed by atoms with Crippen LogP contribution in [0.1, 0.15) is 12.8 Å². The maximum atomic E-state index is 11.8. The fraction of sp³-hybridized carbons (Fsp3) is 0.333. The molecule has 150 valence electrons. The van der Waals surface area contributed by atoms with Gasteiger partial charge in [-0.15, -0.1) is 0 Å². The highest BCUT2D eigenvalue weighted by Crippen LogP contribution is 2.05. The predicted octanol–water partition coefficient (Wildman–Crippen LogP) is 0.178. The van der Waals surface area contributed by atoms with Crippen LogP contribution in [0.3, 0.4) is 0 Å². The molecule has 0 aliphatic carbocycles. The molecule has 2 aromatic heterocycles. The third kappa shape index (κ3) is 8.21. The number of hydrogen-bond donors (Lipinski definition) is 6. The Morgan fingerprint density at radius 1 is 0.714 bits per heavy atom. The first-order chi connectivity index (χ1) is 13.5. The van der Waals surface area contributed by atoms with Gasteiger partial charge >= 0.3 is 0 Å². The molecule has 2 aromatic rings. The van der Waals surface area contributed by atoms with Gasteiger partial charge in [0.1, 0.15) is 11.6 Å². The van der Waals surface area contributed by atoms with Crippen molar-refractivity contribution in [3.05, 3.63) is 36.7 Å². The van der Waals surface area contributed by atoms with E-state index in [1.807, 2.05) is 0 Å². The van der Waals surface area contributed by atoms with Gasteiger partial charge in [0, 0.05) is 39.0 Å². The van der Waals surface area contributed by atoms with Gasteiger partial charge in [-0.05, 0) is 24.3 Å². The van der Waals surface area contributed by atoms with Crippen LogP contribution >= 0.6 is 0 Å². The molecule has 0 aromatic carbocycles. The van der Waals surface area contributed by atoms with E-state index in [0.29, 0.717) is 49.2 Å². The van der Waals surface area contributed by atoms with Crippen molar-refractivity contribution in [3.8, 4) is 0 Å². The molecule has 10 heteroatoms. The third-order valence-electron chi connectivity index (χ3n) is 3.66. The number of amides is 2. The smallest absolute Gasteiger partial charge is 0.220 e. The molecule has 0 fully saturated rings. The summed E-state index contributed by atoms with van der Waals surface area (Å²) in [6.45, 7) is 1.93. The molecule has 0 saturated heterocycles. The molecular formula is C18H26N8O2. The molecular weight excluding hydrogens is 360 g/mol. The van der Waals surface area contributed by atoms with Crippen LogP contribution in [0.15, 0.2) is 36.7 Å². The molecule has 8 N–H and O–H groups in total. The van der Waals surface area contributed by atoms with Gasteiger partial charge in [-0.3, -0.25) is 9.59 Å². The van der Waals surface area contributed by atoms with Crippen LogP contribution in [0.5, 0.6) is 0 Å². The molecule has 2 heterocycles. The zero-order valence-electron chi connectivity index (χ0n) is 15.6. The van der Waals surface area contributed by atoms with E-state index in [9.17, 15) is 9.59 Å². The van der Waals surface area contributed by atoms with Crippen LogP contribution in [0.4, 0.5) is 23.0 Å². The van der Waals surface area contributed by atoms with E-state index in [2.05, 4.69) is 31.2 Å². The van der Waals surface area contributed by atoms with Crippen molar-refractivity contribution in [2.24, 2.45) is 0 Å². The summed E-state index contributed by atoms with van der Waals surface area (Å²) in [6.07, 6.45) is 3.39. The predicted molar refractivity (Wildman–Crippen MR) is 110 cm³/mol. The third-order valence-corrected chi connectivity index (χ3v) is 3.66. The van der Waals surface area contributed by atoms with Crippen molar-refractivity contribution in [1.82, 2.24) is 20.6 Å². The standard InChI is InChI=1S/C18H26N8O2/c19-13-1-3-15(25-11-13)21-7-9-23-17(27)5-6-18(28)24-10-8-22-16-4-2-14(20)12-26-16/h1-4,11-12H,5-10,19-20H2,(H,21,25)(H,22,26)(H,23,27)(H,24,28). The summed E-state index contributed by atoms with van der Waals surface area (Å²) in [7, 11) is 0. The molecule has 2 amide bonds. The van der Waals surface area contributed by atoms with Gasteiger partial charge in [-0.25, -0.2) is 9.97 Å². The normalized spacial score (nSPS) is 10.1. The second-order valence-corrected chi connectivity index (χ2v) is 6.01. The Balaban J connectivity index is 1.49. The first-order valence-electron chi connectivity index (χ1n) is 8.97. The zero-order valence-corrected chi connectivity index (χ0v) is 15.6. The Kier molecular flexibility index (Phi) is 8.31. The van der Waals surface area contributed by atoms with Gasteiger partial charge in [0.15, 0.2) is 0 Å². The van der Waals surface area contributed by atoms with Crippen LogP contribution in [-0.4, -0.2) is 48.0 Å². The highest BCUT2D eigenvalue weighted by atomic mass is 16.2. The number of rotatable bonds is 11. The monoisotopic (exact) mass is 386 g/mol. The first kappa shape index (κ1) is 20.7. The lowest BCUT2D eigenvalue weighted by molar-refractivity contribution is -0.126. The second kappa shape index (κ2) is 11.2. The topological polar surface area (TPSA) is 160 Å². The van der Waals surface area contributed by atoms with Crippen molar-refractivity contribution in [1.29, 1.82) is 0 Å². The SMILES string of the molecule is Nc1ccc(NCCNC(=O)CCC(=O)NCCNc2ccc(N)cn2)nc1. The molecule has 28 heavy (non-hydrogen) atoms. The summed E-state index contributed by atoms with van der Waals surface area (Å²) in [5, 5.41) is 11.6. The Labute approximate surface area is 163 Å². The van der Waals surface area contributed by atoms with E-state index in [1.165, 1.54) is 0 Å². The summed E-state index contributed by atoms with van der Waals surface area (Å²) >= 11 is 0. The van der Waals surface area contributed by atoms with Crippen LogP contribution in [0, 0.1) is 0 Å². The van der Waals surface area contributed by atoms with E-state index in [1.54, 1.807) is 36.7 Å². The van der Waals surface area contributed by atoms with E-state index in [0.717, 1.165) is 0 Å². The number of carbonyl (C=O) groups excluding carboxylic acids is 2. The molecule has 0 spiro atoms. The average Bonchev–Trinajstić information content (AvgIpc) is 2.69. The van der Waals surface area contributed by atoms with E-state index in [4.69, 9.17) is 11.5 Å². The van der Waals surface area contributed by atoms with Crippen LogP contribution in [-0.2, 0) is 9.59 Å². The number of carbonyl (C=O) groups is 2. The lowest BCUT2D eigenvalue weighted by atomic mass is 10.3. The van der Waals surface area contributed by atoms with Gasteiger partial charge in [0.05, 0.1) is 23.8 Å². The number of anilines is 4. The summed E-state index contributed by atoms with van der Waals surface area (Å²) in [6, 6.07) is 7.02. The number of nitrogens with two attached hydrogens (primary N) is 2. The Bertz CT molecular complexity index is 684. The maximum Gasteiger partial charge on any atom is 0.220 e. The van der Waals surface area contributed by atoms with E-state index in [-0.39, 0.29) is 24.7 Å². The number of aromatic nitrogens is 2. The molecule has 0 radical (unpaired) electrons. The minimum Gasteiger partial charge on any atom is -0.397 e. The van der Waals surface area contributed by atoms with Crippen molar-refractivity contribution in [2.75, 3.05) is 48.3 Å². The van der Waals surface area contributed by atoms with Crippen LogP contribution < -0.4 is 32.7 Å². The lowest BCUT2D eigenvalue weighted by Gasteiger charge is -2.09. The molecule has 0 aliphatic heterocycles. The molecule has 0 atom stereocenters. The summed E-state index contributed by atoms with van der Waals surface area (Å²) in [5.74, 6) is 1.02. The van der Waals surface area contributed by atoms with Crippen molar-refractivity contribution in [2.45, 2.75) is 12.8 Å². The van der Waals surface area contributed by atoms with E-state index >= 15 is 0 Å². The lowest BCUT2D eigenvalue weighted by Crippen LogP contribution is -2.32. The molecule has 0 bridgehead atoms. The van der Waals surface area contributed by atoms with Crippen molar-refractivity contribution >= 4 is 34.8 Å². The van der Waals surface area contributed by atoms with Crippen LogP contribution in [0.2, 0.25) is 0 Å². The van der Waals surface area contributed by atoms with E-state index < -0.39 is 0 Å². The van der Waals surface area contributed by atoms with Gasteiger partial charge in [0.25, 0.3) is 0 Å².